The van der Waals surface area contributed by atoms with Gasteiger partial charge in [0, 0.05) is 7.05 Å². The van der Waals surface area contributed by atoms with Crippen LogP contribution in [0, 0.1) is 0 Å². The van der Waals surface area contributed by atoms with E-state index in [1.807, 2.05) is 0 Å². The number of guanidine groups is 1. The number of rotatable bonds is 0. The van der Waals surface area contributed by atoms with E-state index in [4.69, 9.17) is 5.73 Å². The zero-order chi connectivity index (χ0) is 10.3. The normalized spacial score (nSPS) is 32.9. The van der Waals surface area contributed by atoms with Crippen molar-refractivity contribution in [2.45, 2.75) is 5.66 Å². The molecule has 0 aromatic heterocycles. The van der Waals surface area contributed by atoms with Gasteiger partial charge in [0.25, 0.3) is 11.6 Å². The van der Waals surface area contributed by atoms with Gasteiger partial charge in [-0.05, 0) is 0 Å². The number of nitrogens with zero attached hydrogens (tertiary/aromatic N) is 2. The number of amidine groups is 1. The van der Waals surface area contributed by atoms with E-state index in [0.29, 0.717) is 0 Å². The van der Waals surface area contributed by atoms with Crippen molar-refractivity contribution < 1.29 is 9.59 Å². The maximum atomic E-state index is 11.5. The first-order valence-corrected chi connectivity index (χ1v) is 3.81. The Labute approximate surface area is 78.7 Å². The highest BCUT2D eigenvalue weighted by molar-refractivity contribution is 6.27. The highest BCUT2D eigenvalue weighted by atomic mass is 16.2. The average Bonchev–Trinajstić information content (AvgIpc) is 2.55. The number of nitrogens with one attached hydrogen (secondary N) is 3. The van der Waals surface area contributed by atoms with Crippen LogP contribution in [0.2, 0.25) is 0 Å². The number of aliphatic imine (C=N–C) groups is 2. The molecule has 8 heteroatoms. The number of carbonyl (C=O) groups is 2. The first kappa shape index (κ1) is 8.48. The van der Waals surface area contributed by atoms with Crippen molar-refractivity contribution in [1.29, 1.82) is 0 Å². The highest BCUT2D eigenvalue weighted by Gasteiger charge is 2.54. The van der Waals surface area contributed by atoms with Crippen LogP contribution < -0.4 is 21.7 Å². The molecule has 1 fully saturated rings. The van der Waals surface area contributed by atoms with Crippen LogP contribution in [0.15, 0.2) is 9.98 Å². The van der Waals surface area contributed by atoms with Crippen molar-refractivity contribution >= 4 is 23.7 Å². The van der Waals surface area contributed by atoms with Gasteiger partial charge in [0.2, 0.25) is 0 Å². The summed E-state index contributed by atoms with van der Waals surface area (Å²) in [6.07, 6.45) is 0. The van der Waals surface area contributed by atoms with Crippen molar-refractivity contribution in [3.8, 4) is 0 Å². The molecule has 2 aliphatic rings. The Morgan fingerprint density at radius 2 is 2.14 bits per heavy atom. The number of hydrogen-bond acceptors (Lipinski definition) is 5. The van der Waals surface area contributed by atoms with Crippen molar-refractivity contribution in [2.75, 3.05) is 7.05 Å². The molecule has 14 heavy (non-hydrogen) atoms. The predicted molar refractivity (Wildman–Crippen MR) is 47.5 cm³/mol. The minimum absolute atomic E-state index is 0.0415. The van der Waals surface area contributed by atoms with Crippen LogP contribution in [0.5, 0.6) is 0 Å². The maximum Gasteiger partial charge on any atom is 0.322 e. The second-order valence-electron chi connectivity index (χ2n) is 2.81. The molecule has 2 heterocycles. The van der Waals surface area contributed by atoms with Crippen LogP contribution in [0.1, 0.15) is 0 Å². The molecule has 1 atom stereocenters. The number of carbonyl (C=O) groups excluding carboxylic acids is 2. The topological polar surface area (TPSA) is 121 Å². The fourth-order valence-electron chi connectivity index (χ4n) is 1.38. The smallest absolute Gasteiger partial charge is 0.322 e. The summed E-state index contributed by atoms with van der Waals surface area (Å²) in [7, 11) is 1.45. The van der Waals surface area contributed by atoms with Gasteiger partial charge >= 0.3 is 6.03 Å². The van der Waals surface area contributed by atoms with Gasteiger partial charge < -0.3 is 5.73 Å². The molecule has 0 aromatic rings. The lowest BCUT2D eigenvalue weighted by atomic mass is 10.1. The van der Waals surface area contributed by atoms with Gasteiger partial charge in [-0.1, -0.05) is 0 Å². The molecule has 1 unspecified atom stereocenters. The Morgan fingerprint density at radius 3 is 2.64 bits per heavy atom. The van der Waals surface area contributed by atoms with E-state index in [-0.39, 0.29) is 11.8 Å². The number of urea groups is 1. The van der Waals surface area contributed by atoms with E-state index < -0.39 is 17.6 Å². The largest absolute Gasteiger partial charge is 0.370 e. The molecular formula is C6H8N6O2. The first-order valence-electron chi connectivity index (χ1n) is 3.81. The molecule has 0 saturated carbocycles. The van der Waals surface area contributed by atoms with Crippen molar-refractivity contribution in [2.24, 2.45) is 15.7 Å². The number of nitrogens with two attached hydrogens (primary N) is 1. The molecule has 2 rings (SSSR count). The van der Waals surface area contributed by atoms with E-state index >= 15 is 0 Å². The maximum absolute atomic E-state index is 11.5. The first-order chi connectivity index (χ1) is 6.58. The Balaban J connectivity index is 2.50. The van der Waals surface area contributed by atoms with E-state index in [1.54, 1.807) is 0 Å². The standard InChI is InChI=1S/C6H8N6O2/c1-8-2-6(12-5(14)9-2)3(13)10-4(7)11-6/h1H3,(H3,7,10,11,13)(H2,8,9,12,14). The summed E-state index contributed by atoms with van der Waals surface area (Å²) in [4.78, 5) is 30.1. The lowest BCUT2D eigenvalue weighted by Crippen LogP contribution is -2.53. The third-order valence-electron chi connectivity index (χ3n) is 1.95. The number of amides is 3. The summed E-state index contributed by atoms with van der Waals surface area (Å²) >= 11 is 0. The highest BCUT2D eigenvalue weighted by Crippen LogP contribution is 2.17. The van der Waals surface area contributed by atoms with Gasteiger partial charge in [0.15, 0.2) is 11.8 Å². The Hall–Kier alpha value is -2.12. The van der Waals surface area contributed by atoms with Crippen molar-refractivity contribution in [3.05, 3.63) is 0 Å². The number of hydrogen-bond donors (Lipinski definition) is 4. The van der Waals surface area contributed by atoms with Crippen LogP contribution in [0.4, 0.5) is 4.79 Å². The minimum atomic E-state index is -1.49. The quantitative estimate of drug-likeness (QED) is 0.341. The molecule has 0 aliphatic carbocycles. The summed E-state index contributed by atoms with van der Waals surface area (Å²) in [6.45, 7) is 0. The molecule has 0 aromatic carbocycles. The van der Waals surface area contributed by atoms with Crippen LogP contribution in [0.3, 0.4) is 0 Å². The fourth-order valence-corrected chi connectivity index (χ4v) is 1.38. The zero-order valence-electron chi connectivity index (χ0n) is 7.29. The Bertz CT molecular complexity index is 386. The van der Waals surface area contributed by atoms with Gasteiger partial charge in [-0.15, -0.1) is 0 Å². The Morgan fingerprint density at radius 1 is 1.43 bits per heavy atom. The van der Waals surface area contributed by atoms with Gasteiger partial charge in [-0.25, -0.2) is 9.79 Å². The molecule has 2 aliphatic heterocycles. The summed E-state index contributed by atoms with van der Waals surface area (Å²) < 4.78 is 0. The monoisotopic (exact) mass is 196 g/mol. The Kier molecular flexibility index (Phi) is 1.48. The molecule has 3 amide bonds. The summed E-state index contributed by atoms with van der Waals surface area (Å²) in [5.74, 6) is -0.422. The van der Waals surface area contributed by atoms with Crippen LogP contribution in [-0.2, 0) is 4.79 Å². The summed E-state index contributed by atoms with van der Waals surface area (Å²) in [5.41, 5.74) is 3.84. The summed E-state index contributed by atoms with van der Waals surface area (Å²) in [6, 6.07) is -0.529. The molecule has 1 saturated heterocycles. The van der Waals surface area contributed by atoms with Gasteiger partial charge in [0.1, 0.15) is 0 Å². The molecule has 0 radical (unpaired) electrons. The van der Waals surface area contributed by atoms with E-state index in [1.165, 1.54) is 7.05 Å². The third-order valence-corrected chi connectivity index (χ3v) is 1.95. The summed E-state index contributed by atoms with van der Waals surface area (Å²) in [5, 5.41) is 7.00. The molecule has 1 spiro atoms. The van der Waals surface area contributed by atoms with Crippen LogP contribution in [0.25, 0.3) is 0 Å². The zero-order valence-corrected chi connectivity index (χ0v) is 7.29. The molecular weight excluding hydrogens is 188 g/mol. The van der Waals surface area contributed by atoms with Gasteiger partial charge in [-0.3, -0.25) is 25.7 Å². The second-order valence-corrected chi connectivity index (χ2v) is 2.81. The van der Waals surface area contributed by atoms with Crippen molar-refractivity contribution in [1.82, 2.24) is 16.0 Å². The average molecular weight is 196 g/mol. The SMILES string of the molecule is CN=C1NC(=O)NC12N=C(N)NC2=O. The third kappa shape index (κ3) is 0.873. The molecule has 8 nitrogen and oxygen atoms in total. The molecule has 0 bridgehead atoms. The van der Waals surface area contributed by atoms with Crippen molar-refractivity contribution in [3.63, 3.8) is 0 Å². The van der Waals surface area contributed by atoms with E-state index in [0.717, 1.165) is 0 Å². The molecule has 74 valence electrons. The van der Waals surface area contributed by atoms with Crippen LogP contribution in [-0.4, -0.2) is 36.4 Å². The fraction of sp³-hybridized carbons (Fsp3) is 0.333. The van der Waals surface area contributed by atoms with Gasteiger partial charge in [0.05, 0.1) is 0 Å². The van der Waals surface area contributed by atoms with E-state index in [9.17, 15) is 9.59 Å². The predicted octanol–water partition coefficient (Wildman–Crippen LogP) is -2.53. The minimum Gasteiger partial charge on any atom is -0.370 e. The second kappa shape index (κ2) is 2.44. The lowest BCUT2D eigenvalue weighted by molar-refractivity contribution is -0.122. The van der Waals surface area contributed by atoms with Gasteiger partial charge in [-0.2, -0.15) is 0 Å². The van der Waals surface area contributed by atoms with Crippen LogP contribution >= 0.6 is 0 Å². The lowest BCUT2D eigenvalue weighted by Gasteiger charge is -2.14. The molecule has 5 N–H and O–H groups in total. The van der Waals surface area contributed by atoms with E-state index in [2.05, 4.69) is 25.9 Å².